The summed E-state index contributed by atoms with van der Waals surface area (Å²) in [6, 6.07) is 4.15. The minimum atomic E-state index is -1.86. The van der Waals surface area contributed by atoms with Gasteiger partial charge in [-0.2, -0.15) is 0 Å². The number of phenolic OH excluding ortho intramolecular Hbond substituents is 3. The zero-order valence-electron chi connectivity index (χ0n) is 17.0. The number of aliphatic hydroxyl groups excluding tert-OH is 4. The molecule has 1 aromatic heterocycles. The second-order valence-corrected chi connectivity index (χ2v) is 7.55. The third kappa shape index (κ3) is 3.70. The third-order valence-electron chi connectivity index (χ3n) is 5.38. The van der Waals surface area contributed by atoms with Gasteiger partial charge in [0.05, 0.1) is 12.0 Å². The van der Waals surface area contributed by atoms with Crippen LogP contribution < -0.4 is 15.3 Å². The molecule has 0 radical (unpaired) electrons. The summed E-state index contributed by atoms with van der Waals surface area (Å²) < 4.78 is 15.9. The van der Waals surface area contributed by atoms with E-state index in [4.69, 9.17) is 13.9 Å². The van der Waals surface area contributed by atoms with Crippen LogP contribution in [0.1, 0.15) is 0 Å². The number of fused-ring (bicyclic) bond motifs is 1. The molecule has 13 heteroatoms. The lowest BCUT2D eigenvalue weighted by atomic mass is 9.99. The van der Waals surface area contributed by atoms with Crippen molar-refractivity contribution in [2.45, 2.75) is 30.7 Å². The maximum absolute atomic E-state index is 12.6. The molecule has 0 saturated carbocycles. The normalized spacial score (nSPS) is 24.9. The van der Waals surface area contributed by atoms with Crippen molar-refractivity contribution >= 4 is 11.0 Å². The minimum Gasteiger partial charge on any atom is -0.869 e. The molecule has 13 nitrogen and oxygen atoms in total. The molecule has 0 unspecified atom stereocenters. The first kappa shape index (κ1) is 23.4. The predicted molar refractivity (Wildman–Crippen MR) is 108 cm³/mol. The maximum atomic E-state index is 12.6. The summed E-state index contributed by atoms with van der Waals surface area (Å²) in [6.45, 7) is -0.752. The topological polar surface area (TPSA) is 234 Å². The van der Waals surface area contributed by atoms with Gasteiger partial charge in [0.15, 0.2) is 28.8 Å². The zero-order valence-corrected chi connectivity index (χ0v) is 17.0. The van der Waals surface area contributed by atoms with E-state index in [1.807, 2.05) is 0 Å². The Morgan fingerprint density at radius 2 is 1.65 bits per heavy atom. The highest BCUT2D eigenvalue weighted by Gasteiger charge is 2.45. The summed E-state index contributed by atoms with van der Waals surface area (Å²) in [6.07, 6.45) is -8.42. The second kappa shape index (κ2) is 8.55. The number of phenols is 3. The molecule has 2 heterocycles. The Morgan fingerprint density at radius 1 is 0.941 bits per heavy atom. The van der Waals surface area contributed by atoms with E-state index in [1.165, 1.54) is 6.07 Å². The predicted octanol–water partition coefficient (Wildman–Crippen LogP) is -1.47. The number of ether oxygens (including phenoxy) is 2. The van der Waals surface area contributed by atoms with Crippen molar-refractivity contribution in [1.82, 2.24) is 0 Å². The summed E-state index contributed by atoms with van der Waals surface area (Å²) in [5.74, 6) is -5.58. The van der Waals surface area contributed by atoms with Crippen LogP contribution in [-0.2, 0) is 4.74 Å². The summed E-state index contributed by atoms with van der Waals surface area (Å²) in [5, 5.41) is 90.7. The van der Waals surface area contributed by atoms with Gasteiger partial charge in [-0.3, -0.25) is 4.79 Å². The molecule has 2 aromatic carbocycles. The van der Waals surface area contributed by atoms with Crippen molar-refractivity contribution in [2.24, 2.45) is 0 Å². The van der Waals surface area contributed by atoms with Crippen molar-refractivity contribution < 1.29 is 59.8 Å². The molecule has 0 spiro atoms. The monoisotopic (exact) mass is 479 g/mol. The van der Waals surface area contributed by atoms with Crippen LogP contribution in [0.5, 0.6) is 34.5 Å². The molecule has 0 amide bonds. The van der Waals surface area contributed by atoms with Crippen LogP contribution in [0.25, 0.3) is 22.3 Å². The van der Waals surface area contributed by atoms with E-state index in [0.29, 0.717) is 0 Å². The Balaban J connectivity index is 1.82. The van der Waals surface area contributed by atoms with E-state index >= 15 is 0 Å². The Bertz CT molecular complexity index is 1300. The lowest BCUT2D eigenvalue weighted by molar-refractivity contribution is -0.279. The highest BCUT2D eigenvalue weighted by Crippen LogP contribution is 2.43. The Kier molecular flexibility index (Phi) is 5.89. The van der Waals surface area contributed by atoms with Crippen LogP contribution in [-0.4, -0.2) is 78.2 Å². The van der Waals surface area contributed by atoms with Gasteiger partial charge in [-0.05, 0) is 23.9 Å². The maximum Gasteiger partial charge on any atom is 0.234 e. The van der Waals surface area contributed by atoms with Crippen LogP contribution in [0, 0.1) is 0 Å². The summed E-state index contributed by atoms with van der Waals surface area (Å²) in [7, 11) is 0. The fraction of sp³-hybridized carbons (Fsp3) is 0.286. The third-order valence-corrected chi connectivity index (χ3v) is 5.38. The van der Waals surface area contributed by atoms with Gasteiger partial charge < -0.3 is 59.8 Å². The van der Waals surface area contributed by atoms with Crippen LogP contribution in [0.2, 0.25) is 0 Å². The molecular formula is C21H19O13-. The van der Waals surface area contributed by atoms with Crippen molar-refractivity contribution in [3.05, 3.63) is 34.5 Å². The summed E-state index contributed by atoms with van der Waals surface area (Å²) in [5.41, 5.74) is -1.71. The smallest absolute Gasteiger partial charge is 0.234 e. The van der Waals surface area contributed by atoms with Gasteiger partial charge in [0.2, 0.25) is 17.5 Å². The number of rotatable bonds is 4. The van der Waals surface area contributed by atoms with E-state index in [0.717, 1.165) is 18.2 Å². The fourth-order valence-electron chi connectivity index (χ4n) is 3.52. The molecule has 3 aromatic rings. The van der Waals surface area contributed by atoms with Crippen molar-refractivity contribution in [3.63, 3.8) is 0 Å². The first-order chi connectivity index (χ1) is 16.0. The number of benzene rings is 2. The first-order valence-corrected chi connectivity index (χ1v) is 9.77. The Labute approximate surface area is 189 Å². The largest absolute Gasteiger partial charge is 0.869 e. The lowest BCUT2D eigenvalue weighted by Gasteiger charge is -2.39. The molecule has 1 fully saturated rings. The van der Waals surface area contributed by atoms with E-state index in [2.05, 4.69) is 0 Å². The lowest BCUT2D eigenvalue weighted by Crippen LogP contribution is -2.60. The second-order valence-electron chi connectivity index (χ2n) is 7.55. The molecule has 8 N–H and O–H groups in total. The molecular weight excluding hydrogens is 460 g/mol. The molecule has 4 rings (SSSR count). The van der Waals surface area contributed by atoms with Gasteiger partial charge in [-0.15, -0.1) is 0 Å². The molecule has 0 aliphatic carbocycles. The van der Waals surface area contributed by atoms with E-state index in [9.17, 15) is 50.8 Å². The quantitative estimate of drug-likeness (QED) is 0.200. The fourth-order valence-corrected chi connectivity index (χ4v) is 3.52. The Morgan fingerprint density at radius 3 is 2.29 bits per heavy atom. The van der Waals surface area contributed by atoms with Gasteiger partial charge in [0.25, 0.3) is 0 Å². The average Bonchev–Trinajstić information content (AvgIpc) is 2.81. The average molecular weight is 479 g/mol. The highest BCUT2D eigenvalue weighted by molar-refractivity contribution is 5.90. The van der Waals surface area contributed by atoms with Gasteiger partial charge >= 0.3 is 0 Å². The van der Waals surface area contributed by atoms with Crippen LogP contribution in [0.3, 0.4) is 0 Å². The van der Waals surface area contributed by atoms with E-state index in [1.54, 1.807) is 0 Å². The first-order valence-electron chi connectivity index (χ1n) is 9.77. The van der Waals surface area contributed by atoms with E-state index < -0.39 is 94.0 Å². The van der Waals surface area contributed by atoms with Crippen LogP contribution in [0.4, 0.5) is 0 Å². The summed E-state index contributed by atoms with van der Waals surface area (Å²) >= 11 is 0. The standard InChI is InChI=1S/C21H20O13/c22-5-11-14(26)17(29)19(31)21(34-11)33-10-4-9-12(15(27)13(10)25)16(28)18(30)20(32-9)6-1-2-7(23)8(24)3-6/h1-4,11,14,17,19,21-27,29-31H,5H2/p-1/t11-,14-,17+,19-,21-/m1/s1. The minimum absolute atomic E-state index is 0.0382. The molecule has 34 heavy (non-hydrogen) atoms. The molecule has 1 aliphatic rings. The van der Waals surface area contributed by atoms with E-state index in [-0.39, 0.29) is 5.56 Å². The number of hydrogen-bond acceptors (Lipinski definition) is 13. The van der Waals surface area contributed by atoms with Crippen molar-refractivity contribution in [1.29, 1.82) is 0 Å². The Hall–Kier alpha value is -3.75. The van der Waals surface area contributed by atoms with Gasteiger partial charge in [0, 0.05) is 11.6 Å². The van der Waals surface area contributed by atoms with Gasteiger partial charge in [-0.1, -0.05) is 0 Å². The highest BCUT2D eigenvalue weighted by atomic mass is 16.7. The summed E-state index contributed by atoms with van der Waals surface area (Å²) in [4.78, 5) is 12.6. The molecule has 182 valence electrons. The molecule has 5 atom stereocenters. The number of aromatic hydroxyl groups is 4. The van der Waals surface area contributed by atoms with Crippen LogP contribution >= 0.6 is 0 Å². The van der Waals surface area contributed by atoms with Gasteiger partial charge in [-0.25, -0.2) is 0 Å². The van der Waals surface area contributed by atoms with Crippen LogP contribution in [0.15, 0.2) is 33.5 Å². The molecule has 0 bridgehead atoms. The SMILES string of the molecule is O=c1c(O)c(-c2ccc(O)c(O)c2)oc2cc(O[C@@H]3O[C@H](CO)[C@@H](O)[C@H](O)[C@H]3O)c(O)c([O-])c12. The van der Waals surface area contributed by atoms with Gasteiger partial charge in [0.1, 0.15) is 30.0 Å². The molecule has 1 aliphatic heterocycles. The molecule has 1 saturated heterocycles. The van der Waals surface area contributed by atoms with Crippen molar-refractivity contribution in [3.8, 4) is 45.8 Å². The zero-order chi connectivity index (χ0) is 24.9. The number of aliphatic hydroxyl groups is 4. The number of hydrogen-bond donors (Lipinski definition) is 8. The van der Waals surface area contributed by atoms with Crippen molar-refractivity contribution in [2.75, 3.05) is 6.61 Å².